The molecule has 0 unspecified atom stereocenters. The number of carbonyl (C=O) groups excluding carboxylic acids is 2. The number of phenols is 1. The Hall–Kier alpha value is -2.89. The molecule has 22 heavy (non-hydrogen) atoms. The lowest BCUT2D eigenvalue weighted by Crippen LogP contribution is -2.36. The van der Waals surface area contributed by atoms with Gasteiger partial charge in [-0.05, 0) is 48.4 Å². The Morgan fingerprint density at radius 2 is 1.59 bits per heavy atom. The number of halogens is 1. The molecule has 0 aliphatic heterocycles. The fourth-order valence-electron chi connectivity index (χ4n) is 1.78. The minimum atomic E-state index is -0.787. The molecular weight excluding hydrogens is 287 g/mol. The monoisotopic (exact) mass is 302 g/mol. The first-order valence-corrected chi connectivity index (χ1v) is 6.67. The Morgan fingerprint density at radius 1 is 0.955 bits per heavy atom. The van der Waals surface area contributed by atoms with E-state index in [1.807, 2.05) is 0 Å². The number of rotatable bonds is 4. The number of amides is 2. The maximum Gasteiger partial charge on any atom is 0.313 e. The highest BCUT2D eigenvalue weighted by atomic mass is 19.1. The standard InChI is InChI=1S/C16H15FN2O3/c17-12-3-1-11(2-4-12)9-10-18-15(21)16(22)19-13-5-7-14(20)8-6-13/h1-8,20H,9-10H2,(H,18,21)(H,19,22). The van der Waals surface area contributed by atoms with Gasteiger partial charge in [-0.2, -0.15) is 0 Å². The van der Waals surface area contributed by atoms with Crippen LogP contribution in [0.15, 0.2) is 48.5 Å². The van der Waals surface area contributed by atoms with Crippen LogP contribution < -0.4 is 10.6 Å². The van der Waals surface area contributed by atoms with Gasteiger partial charge in [0.15, 0.2) is 0 Å². The topological polar surface area (TPSA) is 78.4 Å². The van der Waals surface area contributed by atoms with Crippen molar-refractivity contribution in [3.05, 3.63) is 59.9 Å². The Morgan fingerprint density at radius 3 is 2.23 bits per heavy atom. The molecule has 2 aromatic carbocycles. The van der Waals surface area contributed by atoms with Crippen LogP contribution in [0.25, 0.3) is 0 Å². The highest BCUT2D eigenvalue weighted by Crippen LogP contribution is 2.13. The third-order valence-corrected chi connectivity index (χ3v) is 2.94. The molecule has 3 N–H and O–H groups in total. The summed E-state index contributed by atoms with van der Waals surface area (Å²) in [6.45, 7) is 0.271. The fraction of sp³-hybridized carbons (Fsp3) is 0.125. The quantitative estimate of drug-likeness (QED) is 0.595. The number of aromatic hydroxyl groups is 1. The molecule has 0 aromatic heterocycles. The Kier molecular flexibility index (Phi) is 5.08. The van der Waals surface area contributed by atoms with E-state index < -0.39 is 11.8 Å². The zero-order chi connectivity index (χ0) is 15.9. The predicted octanol–water partition coefficient (Wildman–Crippen LogP) is 1.83. The van der Waals surface area contributed by atoms with Gasteiger partial charge in [0, 0.05) is 12.2 Å². The molecule has 0 atom stereocenters. The fourth-order valence-corrected chi connectivity index (χ4v) is 1.78. The van der Waals surface area contributed by atoms with E-state index in [1.165, 1.54) is 36.4 Å². The van der Waals surface area contributed by atoms with Crippen LogP contribution in [0, 0.1) is 5.82 Å². The van der Waals surface area contributed by atoms with Crippen molar-refractivity contribution in [1.82, 2.24) is 5.32 Å². The second-order valence-corrected chi connectivity index (χ2v) is 4.63. The average Bonchev–Trinajstić information content (AvgIpc) is 2.51. The molecule has 2 amide bonds. The molecule has 0 heterocycles. The van der Waals surface area contributed by atoms with Crippen molar-refractivity contribution in [3.8, 4) is 5.75 Å². The number of carbonyl (C=O) groups is 2. The van der Waals surface area contributed by atoms with Crippen LogP contribution in [-0.2, 0) is 16.0 Å². The Bertz CT molecular complexity index is 654. The maximum absolute atomic E-state index is 12.7. The third-order valence-electron chi connectivity index (χ3n) is 2.94. The average molecular weight is 302 g/mol. The van der Waals surface area contributed by atoms with Crippen LogP contribution in [0.5, 0.6) is 5.75 Å². The van der Waals surface area contributed by atoms with Crippen LogP contribution in [-0.4, -0.2) is 23.5 Å². The summed E-state index contributed by atoms with van der Waals surface area (Å²) in [7, 11) is 0. The van der Waals surface area contributed by atoms with Gasteiger partial charge in [0.1, 0.15) is 11.6 Å². The van der Waals surface area contributed by atoms with E-state index >= 15 is 0 Å². The van der Waals surface area contributed by atoms with E-state index in [-0.39, 0.29) is 18.1 Å². The molecule has 0 saturated heterocycles. The number of hydrogen-bond acceptors (Lipinski definition) is 3. The Labute approximate surface area is 126 Å². The molecule has 0 spiro atoms. The second kappa shape index (κ2) is 7.21. The third kappa shape index (κ3) is 4.59. The molecule has 0 saturated carbocycles. The SMILES string of the molecule is O=C(NCCc1ccc(F)cc1)C(=O)Nc1ccc(O)cc1. The van der Waals surface area contributed by atoms with Gasteiger partial charge < -0.3 is 15.7 Å². The van der Waals surface area contributed by atoms with Crippen molar-refractivity contribution in [1.29, 1.82) is 0 Å². The van der Waals surface area contributed by atoms with E-state index in [9.17, 15) is 14.0 Å². The second-order valence-electron chi connectivity index (χ2n) is 4.63. The van der Waals surface area contributed by atoms with Gasteiger partial charge in [0.2, 0.25) is 0 Å². The molecule has 6 heteroatoms. The summed E-state index contributed by atoms with van der Waals surface area (Å²) in [5.74, 6) is -1.79. The van der Waals surface area contributed by atoms with Gasteiger partial charge in [-0.3, -0.25) is 9.59 Å². The van der Waals surface area contributed by atoms with Crippen molar-refractivity contribution < 1.29 is 19.1 Å². The number of anilines is 1. The van der Waals surface area contributed by atoms with Crippen molar-refractivity contribution >= 4 is 17.5 Å². The highest BCUT2D eigenvalue weighted by molar-refractivity contribution is 6.39. The molecule has 0 fully saturated rings. The molecule has 0 radical (unpaired) electrons. The van der Waals surface area contributed by atoms with E-state index in [1.54, 1.807) is 12.1 Å². The molecular formula is C16H15FN2O3. The lowest BCUT2D eigenvalue weighted by molar-refractivity contribution is -0.136. The minimum Gasteiger partial charge on any atom is -0.508 e. The first-order valence-electron chi connectivity index (χ1n) is 6.67. The first-order chi connectivity index (χ1) is 10.5. The van der Waals surface area contributed by atoms with Gasteiger partial charge in [-0.25, -0.2) is 4.39 Å². The Balaban J connectivity index is 1.77. The number of nitrogens with one attached hydrogen (secondary N) is 2. The maximum atomic E-state index is 12.7. The normalized spacial score (nSPS) is 10.0. The van der Waals surface area contributed by atoms with Crippen LogP contribution in [0.3, 0.4) is 0 Å². The van der Waals surface area contributed by atoms with Crippen molar-refractivity contribution in [2.45, 2.75) is 6.42 Å². The number of benzene rings is 2. The summed E-state index contributed by atoms with van der Waals surface area (Å²) < 4.78 is 12.7. The van der Waals surface area contributed by atoms with Crippen molar-refractivity contribution in [3.63, 3.8) is 0 Å². The van der Waals surface area contributed by atoms with E-state index in [2.05, 4.69) is 10.6 Å². The molecule has 0 aliphatic rings. The largest absolute Gasteiger partial charge is 0.508 e. The number of hydrogen-bond donors (Lipinski definition) is 3. The predicted molar refractivity (Wildman–Crippen MR) is 79.9 cm³/mol. The van der Waals surface area contributed by atoms with Crippen LogP contribution in [0.4, 0.5) is 10.1 Å². The summed E-state index contributed by atoms with van der Waals surface area (Å²) in [6.07, 6.45) is 0.499. The van der Waals surface area contributed by atoms with Crippen molar-refractivity contribution in [2.24, 2.45) is 0 Å². The lowest BCUT2D eigenvalue weighted by atomic mass is 10.1. The van der Waals surface area contributed by atoms with Crippen molar-refractivity contribution in [2.75, 3.05) is 11.9 Å². The van der Waals surface area contributed by atoms with Gasteiger partial charge >= 0.3 is 11.8 Å². The van der Waals surface area contributed by atoms with Crippen LogP contribution >= 0.6 is 0 Å². The van der Waals surface area contributed by atoms with E-state index in [0.717, 1.165) is 5.56 Å². The molecule has 2 rings (SSSR count). The smallest absolute Gasteiger partial charge is 0.313 e. The van der Waals surface area contributed by atoms with Gasteiger partial charge in [0.05, 0.1) is 0 Å². The zero-order valence-electron chi connectivity index (χ0n) is 11.7. The summed E-state index contributed by atoms with van der Waals surface area (Å²) in [5, 5.41) is 14.0. The van der Waals surface area contributed by atoms with Gasteiger partial charge in [-0.1, -0.05) is 12.1 Å². The zero-order valence-corrected chi connectivity index (χ0v) is 11.7. The number of phenolic OH excluding ortho intramolecular Hbond substituents is 1. The molecule has 5 nitrogen and oxygen atoms in total. The van der Waals surface area contributed by atoms with E-state index in [4.69, 9.17) is 5.11 Å². The van der Waals surface area contributed by atoms with E-state index in [0.29, 0.717) is 12.1 Å². The highest BCUT2D eigenvalue weighted by Gasteiger charge is 2.12. The summed E-state index contributed by atoms with van der Waals surface area (Å²) in [4.78, 5) is 23.3. The van der Waals surface area contributed by atoms with Crippen LogP contribution in [0.2, 0.25) is 0 Å². The molecule has 2 aromatic rings. The van der Waals surface area contributed by atoms with Crippen LogP contribution in [0.1, 0.15) is 5.56 Å². The van der Waals surface area contributed by atoms with Gasteiger partial charge in [-0.15, -0.1) is 0 Å². The lowest BCUT2D eigenvalue weighted by Gasteiger charge is -2.07. The molecule has 0 bridgehead atoms. The minimum absolute atomic E-state index is 0.0711. The molecule has 114 valence electrons. The summed E-state index contributed by atoms with van der Waals surface area (Å²) >= 11 is 0. The molecule has 0 aliphatic carbocycles. The summed E-state index contributed by atoms with van der Waals surface area (Å²) in [5.41, 5.74) is 1.28. The summed E-state index contributed by atoms with van der Waals surface area (Å²) in [6, 6.07) is 11.7. The first kappa shape index (κ1) is 15.5. The van der Waals surface area contributed by atoms with Gasteiger partial charge in [0.25, 0.3) is 0 Å².